The van der Waals surface area contributed by atoms with Gasteiger partial charge < -0.3 is 10.2 Å². The molecule has 11 heavy (non-hydrogen) atoms. The van der Waals surface area contributed by atoms with Crippen LogP contribution in [0.15, 0.2) is 0 Å². The number of aliphatic hydroxyl groups is 1. The first-order valence-electron chi connectivity index (χ1n) is 3.99. The van der Waals surface area contributed by atoms with E-state index < -0.39 is 11.4 Å². The van der Waals surface area contributed by atoms with E-state index in [4.69, 9.17) is 10.2 Å². The molecule has 0 atom stereocenters. The molecule has 3 heteroatoms. The van der Waals surface area contributed by atoms with Crippen molar-refractivity contribution in [1.29, 1.82) is 0 Å². The molecule has 1 fully saturated rings. The summed E-state index contributed by atoms with van der Waals surface area (Å²) in [6.07, 6.45) is 1.98. The smallest absolute Gasteiger partial charge is 0.309 e. The molecule has 1 aliphatic carbocycles. The number of carbonyl (C=O) groups is 1. The van der Waals surface area contributed by atoms with Gasteiger partial charge in [-0.05, 0) is 25.2 Å². The lowest BCUT2D eigenvalue weighted by molar-refractivity contribution is -0.159. The van der Waals surface area contributed by atoms with Gasteiger partial charge in [0.2, 0.25) is 0 Å². The number of hydrogen-bond acceptors (Lipinski definition) is 2. The van der Waals surface area contributed by atoms with Gasteiger partial charge in [0.15, 0.2) is 0 Å². The predicted molar refractivity (Wildman–Crippen MR) is 40.2 cm³/mol. The monoisotopic (exact) mass is 158 g/mol. The molecule has 0 spiro atoms. The van der Waals surface area contributed by atoms with Gasteiger partial charge in [-0.15, -0.1) is 0 Å². The maximum atomic E-state index is 10.7. The second kappa shape index (κ2) is 2.81. The second-order valence-corrected chi connectivity index (χ2v) is 3.40. The van der Waals surface area contributed by atoms with Gasteiger partial charge in [0.25, 0.3) is 0 Å². The van der Waals surface area contributed by atoms with Crippen molar-refractivity contribution in [3.63, 3.8) is 0 Å². The van der Waals surface area contributed by atoms with Gasteiger partial charge in [-0.3, -0.25) is 4.79 Å². The van der Waals surface area contributed by atoms with Crippen molar-refractivity contribution in [2.24, 2.45) is 11.3 Å². The molecule has 3 nitrogen and oxygen atoms in total. The average Bonchev–Trinajstić information content (AvgIpc) is 1.86. The second-order valence-electron chi connectivity index (χ2n) is 3.40. The van der Waals surface area contributed by atoms with Crippen LogP contribution in [0.3, 0.4) is 0 Å². The van der Waals surface area contributed by atoms with E-state index in [1.54, 1.807) is 0 Å². The third kappa shape index (κ3) is 1.25. The normalized spacial score (nSPS) is 36.4. The summed E-state index contributed by atoms with van der Waals surface area (Å²) in [6.45, 7) is 2.02. The summed E-state index contributed by atoms with van der Waals surface area (Å²) >= 11 is 0. The van der Waals surface area contributed by atoms with Crippen LogP contribution < -0.4 is 0 Å². The minimum absolute atomic E-state index is 0.134. The summed E-state index contributed by atoms with van der Waals surface area (Å²) in [4.78, 5) is 10.7. The van der Waals surface area contributed by atoms with E-state index in [2.05, 4.69) is 0 Å². The van der Waals surface area contributed by atoms with Crippen LogP contribution in [0.2, 0.25) is 0 Å². The molecule has 0 aromatic rings. The van der Waals surface area contributed by atoms with E-state index in [0.717, 1.165) is 0 Å². The Morgan fingerprint density at radius 2 is 2.18 bits per heavy atom. The van der Waals surface area contributed by atoms with Crippen molar-refractivity contribution in [2.45, 2.75) is 26.2 Å². The quantitative estimate of drug-likeness (QED) is 0.640. The van der Waals surface area contributed by atoms with Gasteiger partial charge in [-0.1, -0.05) is 6.92 Å². The molecular formula is C8H14O3. The molecule has 0 saturated heterocycles. The largest absolute Gasteiger partial charge is 0.481 e. The minimum atomic E-state index is -0.704. The van der Waals surface area contributed by atoms with Crippen molar-refractivity contribution in [3.8, 4) is 0 Å². The van der Waals surface area contributed by atoms with Gasteiger partial charge in [-0.2, -0.15) is 0 Å². The Bertz CT molecular complexity index is 159. The van der Waals surface area contributed by atoms with Crippen LogP contribution in [0.4, 0.5) is 0 Å². The first-order chi connectivity index (χ1) is 5.14. The Morgan fingerprint density at radius 1 is 1.64 bits per heavy atom. The van der Waals surface area contributed by atoms with Crippen LogP contribution in [0, 0.1) is 11.3 Å². The van der Waals surface area contributed by atoms with Gasteiger partial charge >= 0.3 is 5.97 Å². The molecule has 1 aliphatic rings. The first kappa shape index (κ1) is 8.53. The van der Waals surface area contributed by atoms with E-state index >= 15 is 0 Å². The van der Waals surface area contributed by atoms with Crippen molar-refractivity contribution in [3.05, 3.63) is 0 Å². The molecule has 0 aromatic heterocycles. The zero-order chi connectivity index (χ0) is 8.48. The number of carboxylic acid groups (broad SMARTS) is 1. The minimum Gasteiger partial charge on any atom is -0.481 e. The van der Waals surface area contributed by atoms with Crippen molar-refractivity contribution < 1.29 is 15.0 Å². The summed E-state index contributed by atoms with van der Waals surface area (Å²) in [5, 5.41) is 17.5. The Balaban J connectivity index is 2.50. The highest BCUT2D eigenvalue weighted by Gasteiger charge is 2.48. The molecule has 1 saturated carbocycles. The van der Waals surface area contributed by atoms with Crippen molar-refractivity contribution >= 4 is 5.97 Å². The lowest BCUT2D eigenvalue weighted by Crippen LogP contribution is -2.44. The molecule has 0 radical (unpaired) electrons. The number of rotatable bonds is 3. The van der Waals surface area contributed by atoms with Gasteiger partial charge in [0.05, 0.1) is 5.41 Å². The number of hydrogen-bond donors (Lipinski definition) is 2. The number of aliphatic hydroxyl groups excluding tert-OH is 1. The van der Waals surface area contributed by atoms with Crippen LogP contribution in [0.5, 0.6) is 0 Å². The number of carboxylic acids is 1. The fraction of sp³-hybridized carbons (Fsp3) is 0.875. The molecule has 0 aromatic carbocycles. The summed E-state index contributed by atoms with van der Waals surface area (Å²) in [5.74, 6) is -0.476. The third-order valence-electron chi connectivity index (χ3n) is 2.75. The summed E-state index contributed by atoms with van der Waals surface area (Å²) < 4.78 is 0. The van der Waals surface area contributed by atoms with Crippen molar-refractivity contribution in [2.75, 3.05) is 6.61 Å². The third-order valence-corrected chi connectivity index (χ3v) is 2.75. The topological polar surface area (TPSA) is 57.5 Å². The zero-order valence-electron chi connectivity index (χ0n) is 6.71. The molecule has 0 heterocycles. The Labute approximate surface area is 66.0 Å². The highest BCUT2D eigenvalue weighted by molar-refractivity contribution is 5.75. The maximum absolute atomic E-state index is 10.7. The molecule has 1 rings (SSSR count). The zero-order valence-corrected chi connectivity index (χ0v) is 6.71. The van der Waals surface area contributed by atoms with Gasteiger partial charge in [0.1, 0.15) is 0 Å². The van der Waals surface area contributed by atoms with E-state index in [9.17, 15) is 4.79 Å². The van der Waals surface area contributed by atoms with Crippen LogP contribution in [0.1, 0.15) is 26.2 Å². The summed E-state index contributed by atoms with van der Waals surface area (Å²) in [7, 11) is 0. The lowest BCUT2D eigenvalue weighted by Gasteiger charge is -2.43. The Morgan fingerprint density at radius 3 is 2.45 bits per heavy atom. The first-order valence-corrected chi connectivity index (χ1v) is 3.99. The summed E-state index contributed by atoms with van der Waals surface area (Å²) in [6, 6.07) is 0. The highest BCUT2D eigenvalue weighted by Crippen LogP contribution is 2.47. The SMILES string of the molecule is CCC1(C(=O)O)CC(CO)C1. The van der Waals surface area contributed by atoms with Gasteiger partial charge in [0, 0.05) is 6.61 Å². The molecule has 2 N–H and O–H groups in total. The Kier molecular flexibility index (Phi) is 2.18. The molecular weight excluding hydrogens is 144 g/mol. The molecule has 0 aliphatic heterocycles. The predicted octanol–water partition coefficient (Wildman–Crippen LogP) is 0.870. The summed E-state index contributed by atoms with van der Waals surface area (Å²) in [5.41, 5.74) is -0.507. The van der Waals surface area contributed by atoms with Crippen molar-refractivity contribution in [1.82, 2.24) is 0 Å². The van der Waals surface area contributed by atoms with E-state index in [1.165, 1.54) is 0 Å². The maximum Gasteiger partial charge on any atom is 0.309 e. The standard InChI is InChI=1S/C8H14O3/c1-2-8(7(10)11)3-6(4-8)5-9/h6,9H,2-5H2,1H3,(H,10,11). The van der Waals surface area contributed by atoms with E-state index in [0.29, 0.717) is 19.3 Å². The van der Waals surface area contributed by atoms with Gasteiger partial charge in [-0.25, -0.2) is 0 Å². The van der Waals surface area contributed by atoms with Crippen LogP contribution in [-0.4, -0.2) is 22.8 Å². The van der Waals surface area contributed by atoms with Crippen LogP contribution in [-0.2, 0) is 4.79 Å². The van der Waals surface area contributed by atoms with Crippen LogP contribution in [0.25, 0.3) is 0 Å². The van der Waals surface area contributed by atoms with E-state index in [-0.39, 0.29) is 12.5 Å². The van der Waals surface area contributed by atoms with Crippen LogP contribution >= 0.6 is 0 Å². The Hall–Kier alpha value is -0.570. The highest BCUT2D eigenvalue weighted by atomic mass is 16.4. The fourth-order valence-corrected chi connectivity index (χ4v) is 1.79. The fourth-order valence-electron chi connectivity index (χ4n) is 1.79. The molecule has 0 bridgehead atoms. The molecule has 0 unspecified atom stereocenters. The average molecular weight is 158 g/mol. The lowest BCUT2D eigenvalue weighted by atomic mass is 9.61. The molecule has 0 amide bonds. The van der Waals surface area contributed by atoms with E-state index in [1.807, 2.05) is 6.92 Å². The molecule has 64 valence electrons. The number of aliphatic carboxylic acids is 1.